The van der Waals surface area contributed by atoms with Gasteiger partial charge in [0.05, 0.1) is 13.1 Å². The molecule has 3 heterocycles. The maximum Gasteiger partial charge on any atom is 0.405 e. The number of rotatable bonds is 4. The van der Waals surface area contributed by atoms with Crippen LogP contribution in [0.3, 0.4) is 0 Å². The summed E-state index contributed by atoms with van der Waals surface area (Å²) in [6.45, 7) is 0.812. The van der Waals surface area contributed by atoms with Crippen molar-refractivity contribution in [2.45, 2.75) is 18.9 Å². The lowest BCUT2D eigenvalue weighted by atomic mass is 10.1. The molecule has 0 unspecified atom stereocenters. The highest BCUT2D eigenvalue weighted by Gasteiger charge is 2.44. The third-order valence-corrected chi connectivity index (χ3v) is 3.32. The van der Waals surface area contributed by atoms with E-state index < -0.39 is 18.1 Å². The Balaban J connectivity index is 1.77. The van der Waals surface area contributed by atoms with Gasteiger partial charge in [0, 0.05) is 11.8 Å². The summed E-state index contributed by atoms with van der Waals surface area (Å²) < 4.78 is 30.9. The van der Waals surface area contributed by atoms with E-state index in [1.165, 1.54) is 11.1 Å². The van der Waals surface area contributed by atoms with E-state index in [0.717, 1.165) is 0 Å². The zero-order valence-corrected chi connectivity index (χ0v) is 12.0. The molecule has 0 aromatic carbocycles. The van der Waals surface area contributed by atoms with Crippen LogP contribution >= 0.6 is 0 Å². The summed E-state index contributed by atoms with van der Waals surface area (Å²) in [6.07, 6.45) is 0.262. The molecule has 1 aliphatic rings. The van der Waals surface area contributed by atoms with Crippen LogP contribution in [0.4, 0.5) is 19.4 Å². The van der Waals surface area contributed by atoms with Crippen molar-refractivity contribution in [3.05, 3.63) is 24.2 Å². The first-order chi connectivity index (χ1) is 10.8. The lowest BCUT2D eigenvalue weighted by Gasteiger charge is -2.39. The molecular weight excluding hydrogens is 312 g/mol. The van der Waals surface area contributed by atoms with Crippen molar-refractivity contribution in [1.82, 2.24) is 20.4 Å². The zero-order valence-electron chi connectivity index (χ0n) is 12.0. The minimum absolute atomic E-state index is 0.108. The Bertz CT molecular complexity index is 728. The average Bonchev–Trinajstić information content (AvgIpc) is 2.94. The van der Waals surface area contributed by atoms with Crippen molar-refractivity contribution < 1.29 is 23.2 Å². The molecule has 2 N–H and O–H groups in total. The Hall–Kier alpha value is -2.78. The predicted octanol–water partition coefficient (Wildman–Crippen LogP) is 1.92. The van der Waals surface area contributed by atoms with E-state index in [0.29, 0.717) is 11.4 Å². The van der Waals surface area contributed by atoms with E-state index in [1.54, 1.807) is 19.1 Å². The molecule has 0 saturated carbocycles. The second kappa shape index (κ2) is 5.45. The minimum atomic E-state index is -2.69. The molecule has 10 heteroatoms. The quantitative estimate of drug-likeness (QED) is 0.884. The van der Waals surface area contributed by atoms with Gasteiger partial charge in [-0.1, -0.05) is 5.16 Å². The van der Waals surface area contributed by atoms with E-state index >= 15 is 0 Å². The van der Waals surface area contributed by atoms with Crippen molar-refractivity contribution >= 4 is 11.9 Å². The highest BCUT2D eigenvalue weighted by molar-refractivity contribution is 5.65. The fourth-order valence-corrected chi connectivity index (χ4v) is 2.18. The lowest BCUT2D eigenvalue weighted by molar-refractivity contribution is -0.0267. The average molecular weight is 325 g/mol. The van der Waals surface area contributed by atoms with E-state index in [2.05, 4.69) is 20.4 Å². The van der Waals surface area contributed by atoms with Crippen molar-refractivity contribution in [3.8, 4) is 11.4 Å². The van der Waals surface area contributed by atoms with Gasteiger partial charge in [0.25, 0.3) is 5.92 Å². The Morgan fingerprint density at radius 3 is 2.91 bits per heavy atom. The molecule has 1 aliphatic heterocycles. The van der Waals surface area contributed by atoms with Gasteiger partial charge in [-0.05, 0) is 19.1 Å². The molecular formula is C13H13F2N5O3. The molecule has 1 amide bonds. The smallest absolute Gasteiger partial charge is 0.405 e. The summed E-state index contributed by atoms with van der Waals surface area (Å²) in [4.78, 5) is 20.2. The number of pyridine rings is 1. The van der Waals surface area contributed by atoms with Gasteiger partial charge in [0.15, 0.2) is 0 Å². The number of nitrogens with zero attached hydrogens (tertiary/aromatic N) is 4. The molecule has 23 heavy (non-hydrogen) atoms. The van der Waals surface area contributed by atoms with E-state index in [-0.39, 0.29) is 24.8 Å². The molecule has 0 radical (unpaired) electrons. The number of carbonyl (C=O) groups is 1. The number of aromatic nitrogens is 3. The van der Waals surface area contributed by atoms with Crippen molar-refractivity contribution in [2.75, 3.05) is 18.0 Å². The number of anilines is 1. The van der Waals surface area contributed by atoms with Crippen molar-refractivity contribution in [3.63, 3.8) is 0 Å². The Kier molecular flexibility index (Phi) is 3.58. The minimum Gasteiger partial charge on any atom is -0.465 e. The van der Waals surface area contributed by atoms with Gasteiger partial charge in [-0.2, -0.15) is 4.98 Å². The third kappa shape index (κ3) is 3.20. The molecule has 1 fully saturated rings. The molecule has 0 spiro atoms. The Morgan fingerprint density at radius 2 is 2.26 bits per heavy atom. The fraction of sp³-hybridized carbons (Fsp3) is 0.385. The largest absolute Gasteiger partial charge is 0.465 e. The molecule has 122 valence electrons. The second-order valence-corrected chi connectivity index (χ2v) is 5.24. The molecule has 8 nitrogen and oxygen atoms in total. The van der Waals surface area contributed by atoms with Crippen LogP contribution in [-0.4, -0.2) is 45.3 Å². The predicted molar refractivity (Wildman–Crippen MR) is 74.3 cm³/mol. The monoisotopic (exact) mass is 325 g/mol. The summed E-state index contributed by atoms with van der Waals surface area (Å²) in [7, 11) is 0. The number of nitrogens with one attached hydrogen (secondary N) is 1. The molecule has 2 aromatic heterocycles. The van der Waals surface area contributed by atoms with Gasteiger partial charge < -0.3 is 19.8 Å². The maximum absolute atomic E-state index is 12.9. The second-order valence-electron chi connectivity index (χ2n) is 5.24. The van der Waals surface area contributed by atoms with E-state index in [1.807, 2.05) is 0 Å². The van der Waals surface area contributed by atoms with Crippen LogP contribution in [0.2, 0.25) is 0 Å². The summed E-state index contributed by atoms with van der Waals surface area (Å²) in [5.41, 5.74) is 0.544. The number of hydrogen-bond acceptors (Lipinski definition) is 6. The highest BCUT2D eigenvalue weighted by atomic mass is 19.3. The van der Waals surface area contributed by atoms with Crippen LogP contribution in [0, 0.1) is 0 Å². The first-order valence-electron chi connectivity index (χ1n) is 6.76. The first kappa shape index (κ1) is 15.1. The summed E-state index contributed by atoms with van der Waals surface area (Å²) in [5, 5.41) is 14.6. The van der Waals surface area contributed by atoms with E-state index in [4.69, 9.17) is 9.63 Å². The van der Waals surface area contributed by atoms with Crippen LogP contribution in [-0.2, 0) is 0 Å². The molecule has 1 atom stereocenters. The number of amides is 1. The van der Waals surface area contributed by atoms with Crippen LogP contribution in [0.1, 0.15) is 18.9 Å². The summed E-state index contributed by atoms with van der Waals surface area (Å²) in [6, 6.07) is 2.54. The van der Waals surface area contributed by atoms with Gasteiger partial charge in [-0.3, -0.25) is 0 Å². The van der Waals surface area contributed by atoms with Gasteiger partial charge in [0.1, 0.15) is 11.9 Å². The SMILES string of the molecule is C[C@H](NC(=O)O)c1nc(-c2ccnc(N3CC(F)(F)C3)c2)no1. The van der Waals surface area contributed by atoms with Crippen LogP contribution in [0.5, 0.6) is 0 Å². The third-order valence-electron chi connectivity index (χ3n) is 3.32. The zero-order chi connectivity index (χ0) is 16.6. The summed E-state index contributed by atoms with van der Waals surface area (Å²) >= 11 is 0. The molecule has 1 saturated heterocycles. The van der Waals surface area contributed by atoms with Crippen LogP contribution < -0.4 is 10.2 Å². The Morgan fingerprint density at radius 1 is 1.52 bits per heavy atom. The van der Waals surface area contributed by atoms with Gasteiger partial charge >= 0.3 is 6.09 Å². The topological polar surface area (TPSA) is 104 Å². The molecule has 2 aromatic rings. The first-order valence-corrected chi connectivity index (χ1v) is 6.76. The number of alkyl halides is 2. The van der Waals surface area contributed by atoms with Crippen LogP contribution in [0.25, 0.3) is 11.4 Å². The number of carboxylic acid groups (broad SMARTS) is 1. The van der Waals surface area contributed by atoms with E-state index in [9.17, 15) is 13.6 Å². The summed E-state index contributed by atoms with van der Waals surface area (Å²) in [5.74, 6) is -1.95. The number of hydrogen-bond donors (Lipinski definition) is 2. The lowest BCUT2D eigenvalue weighted by Crippen LogP contribution is -2.56. The maximum atomic E-state index is 12.9. The fourth-order valence-electron chi connectivity index (χ4n) is 2.18. The van der Waals surface area contributed by atoms with Gasteiger partial charge in [-0.25, -0.2) is 18.6 Å². The van der Waals surface area contributed by atoms with Crippen LogP contribution in [0.15, 0.2) is 22.9 Å². The molecule has 0 aliphatic carbocycles. The van der Waals surface area contributed by atoms with Crippen molar-refractivity contribution in [2.24, 2.45) is 0 Å². The van der Waals surface area contributed by atoms with Gasteiger partial charge in [0.2, 0.25) is 11.7 Å². The molecule has 3 rings (SSSR count). The van der Waals surface area contributed by atoms with Crippen molar-refractivity contribution in [1.29, 1.82) is 0 Å². The number of halogens is 2. The standard InChI is InChI=1S/C13H13F2N5O3/c1-7(17-12(21)22)11-18-10(19-23-11)8-2-3-16-9(4-8)20-5-13(14,15)6-20/h2-4,7,17H,5-6H2,1H3,(H,21,22)/t7-/m0/s1. The Labute approximate surface area is 129 Å². The highest BCUT2D eigenvalue weighted by Crippen LogP contribution is 2.32. The molecule has 0 bridgehead atoms. The normalized spacial score (nSPS) is 17.4. The van der Waals surface area contributed by atoms with Gasteiger partial charge in [-0.15, -0.1) is 0 Å².